The quantitative estimate of drug-likeness (QED) is 0.836. The summed E-state index contributed by atoms with van der Waals surface area (Å²) < 4.78 is 9.03. The molecule has 0 atom stereocenters. The van der Waals surface area contributed by atoms with Crippen molar-refractivity contribution in [2.24, 2.45) is 0 Å². The van der Waals surface area contributed by atoms with E-state index in [2.05, 4.69) is 14.9 Å². The number of hydrogen-bond acceptors (Lipinski definition) is 5. The Hall–Kier alpha value is -1.59. The van der Waals surface area contributed by atoms with Crippen LogP contribution in [0.5, 0.6) is 0 Å². The number of aromatic nitrogens is 2. The summed E-state index contributed by atoms with van der Waals surface area (Å²) >= 11 is 0.763. The summed E-state index contributed by atoms with van der Waals surface area (Å²) in [4.78, 5) is 12.1. The Labute approximate surface area is 136 Å². The van der Waals surface area contributed by atoms with Crippen molar-refractivity contribution in [1.82, 2.24) is 9.97 Å². The van der Waals surface area contributed by atoms with Gasteiger partial charge in [-0.25, -0.2) is 9.97 Å². The third-order valence-electron chi connectivity index (χ3n) is 3.67. The molecule has 0 radical (unpaired) electrons. The predicted molar refractivity (Wildman–Crippen MR) is 93.1 cm³/mol. The fourth-order valence-electron chi connectivity index (χ4n) is 2.66. The minimum atomic E-state index is 0.763. The number of fused-ring (bicyclic) bond motifs is 1. The zero-order chi connectivity index (χ0) is 16.1. The van der Waals surface area contributed by atoms with Gasteiger partial charge in [0.25, 0.3) is 0 Å². The second-order valence-corrected chi connectivity index (χ2v) is 5.67. The van der Waals surface area contributed by atoms with Crippen LogP contribution in [0.15, 0.2) is 29.2 Å². The second-order valence-electron chi connectivity index (χ2n) is 5.02. The summed E-state index contributed by atoms with van der Waals surface area (Å²) in [6.07, 6.45) is 3.27. The van der Waals surface area contributed by atoms with Crippen LogP contribution in [0.1, 0.15) is 37.4 Å². The molecule has 1 aliphatic carbocycles. The van der Waals surface area contributed by atoms with Gasteiger partial charge < -0.3 is 9.45 Å². The van der Waals surface area contributed by atoms with Gasteiger partial charge in [-0.1, -0.05) is 13.8 Å². The molecule has 0 spiro atoms. The van der Waals surface area contributed by atoms with Gasteiger partial charge in [-0.15, -0.1) is 0 Å². The first kappa shape index (κ1) is 16.8. The molecule has 1 aromatic carbocycles. The molecule has 0 bridgehead atoms. The first-order valence-electron chi connectivity index (χ1n) is 7.70. The second kappa shape index (κ2) is 7.61. The molecule has 1 aromatic heterocycles. The Morgan fingerprint density at radius 3 is 2.41 bits per heavy atom. The molecule has 0 saturated carbocycles. The van der Waals surface area contributed by atoms with E-state index in [0.717, 1.165) is 53.5 Å². The number of rotatable bonds is 3. The lowest BCUT2D eigenvalue weighted by atomic mass is 10.2. The Morgan fingerprint density at radius 2 is 1.77 bits per heavy atom. The van der Waals surface area contributed by atoms with Gasteiger partial charge in [-0.2, -0.15) is 0 Å². The van der Waals surface area contributed by atoms with Crippen LogP contribution in [0.25, 0.3) is 0 Å². The Bertz CT molecular complexity index is 629. The first-order valence-corrected chi connectivity index (χ1v) is 8.48. The summed E-state index contributed by atoms with van der Waals surface area (Å²) in [5, 5.41) is 0. The van der Waals surface area contributed by atoms with Crippen LogP contribution in [0.3, 0.4) is 0 Å². The van der Waals surface area contributed by atoms with Gasteiger partial charge in [0, 0.05) is 40.9 Å². The summed E-state index contributed by atoms with van der Waals surface area (Å²) in [5.41, 5.74) is 3.54. The lowest BCUT2D eigenvalue weighted by Gasteiger charge is -2.21. The normalized spacial score (nSPS) is 12.4. The third kappa shape index (κ3) is 3.42. The molecule has 0 fully saturated rings. The van der Waals surface area contributed by atoms with E-state index in [1.807, 2.05) is 52.1 Å². The SMILES string of the molecule is CC.Cc1nc2c(c(N(C)c3ccc(SO)cc3)n1)CCC2. The number of benzene rings is 1. The van der Waals surface area contributed by atoms with Crippen molar-refractivity contribution in [2.75, 3.05) is 11.9 Å². The standard InChI is InChI=1S/C15H17N3OS.C2H6/c1-10-16-14-5-3-4-13(14)15(17-10)18(2)11-6-8-12(20-19)9-7-11;1-2/h6-9,19H,3-5H2,1-2H3;1-2H3. The molecule has 4 nitrogen and oxygen atoms in total. The third-order valence-corrected chi connectivity index (χ3v) is 4.15. The average Bonchev–Trinajstić information content (AvgIpc) is 3.03. The van der Waals surface area contributed by atoms with Gasteiger partial charge >= 0.3 is 0 Å². The van der Waals surface area contributed by atoms with Crippen molar-refractivity contribution in [3.63, 3.8) is 0 Å². The summed E-state index contributed by atoms with van der Waals surface area (Å²) in [6, 6.07) is 7.81. The van der Waals surface area contributed by atoms with Crippen LogP contribution in [0.4, 0.5) is 11.5 Å². The summed E-state index contributed by atoms with van der Waals surface area (Å²) in [7, 11) is 2.03. The number of aryl methyl sites for hydroxylation is 2. The highest BCUT2D eigenvalue weighted by atomic mass is 32.2. The van der Waals surface area contributed by atoms with Crippen LogP contribution in [-0.2, 0) is 12.8 Å². The van der Waals surface area contributed by atoms with Gasteiger partial charge in [0.1, 0.15) is 11.6 Å². The largest absolute Gasteiger partial charge is 0.329 e. The maximum absolute atomic E-state index is 9.03. The lowest BCUT2D eigenvalue weighted by molar-refractivity contribution is 0.664. The first-order chi connectivity index (χ1) is 10.7. The van der Waals surface area contributed by atoms with E-state index in [4.69, 9.17) is 4.55 Å². The van der Waals surface area contributed by atoms with Gasteiger partial charge in [-0.3, -0.25) is 0 Å². The van der Waals surface area contributed by atoms with E-state index in [1.54, 1.807) is 0 Å². The lowest BCUT2D eigenvalue weighted by Crippen LogP contribution is -2.15. The molecule has 1 N–H and O–H groups in total. The molecule has 0 amide bonds. The maximum atomic E-state index is 9.03. The van der Waals surface area contributed by atoms with E-state index < -0.39 is 0 Å². The van der Waals surface area contributed by atoms with Crippen molar-refractivity contribution in [3.8, 4) is 0 Å². The molecule has 1 aliphatic rings. The minimum absolute atomic E-state index is 0.763. The smallest absolute Gasteiger partial charge is 0.139 e. The van der Waals surface area contributed by atoms with Crippen molar-refractivity contribution in [3.05, 3.63) is 41.3 Å². The van der Waals surface area contributed by atoms with E-state index in [0.29, 0.717) is 0 Å². The number of hydrogen-bond donors (Lipinski definition) is 1. The van der Waals surface area contributed by atoms with E-state index in [1.165, 1.54) is 11.3 Å². The van der Waals surface area contributed by atoms with Crippen molar-refractivity contribution < 1.29 is 4.55 Å². The zero-order valence-corrected chi connectivity index (χ0v) is 14.4. The molecule has 5 heteroatoms. The topological polar surface area (TPSA) is 49.2 Å². The highest BCUT2D eigenvalue weighted by Crippen LogP contribution is 2.32. The molecule has 0 saturated heterocycles. The van der Waals surface area contributed by atoms with Crippen LogP contribution in [0, 0.1) is 6.92 Å². The van der Waals surface area contributed by atoms with E-state index in [-0.39, 0.29) is 0 Å². The summed E-state index contributed by atoms with van der Waals surface area (Å²) in [6.45, 7) is 5.95. The Balaban J connectivity index is 0.000000847. The summed E-state index contributed by atoms with van der Waals surface area (Å²) in [5.74, 6) is 1.84. The fourth-order valence-corrected chi connectivity index (χ4v) is 2.92. The van der Waals surface area contributed by atoms with Gasteiger partial charge in [0.05, 0.1) is 0 Å². The monoisotopic (exact) mass is 317 g/mol. The van der Waals surface area contributed by atoms with Crippen molar-refractivity contribution >= 4 is 23.5 Å². The van der Waals surface area contributed by atoms with Crippen LogP contribution < -0.4 is 4.90 Å². The van der Waals surface area contributed by atoms with Crippen LogP contribution >= 0.6 is 12.0 Å². The zero-order valence-electron chi connectivity index (χ0n) is 13.6. The van der Waals surface area contributed by atoms with Gasteiger partial charge in [0.15, 0.2) is 0 Å². The van der Waals surface area contributed by atoms with Crippen LogP contribution in [-0.4, -0.2) is 21.6 Å². The molecule has 3 rings (SSSR count). The highest BCUT2D eigenvalue weighted by molar-refractivity contribution is 7.93. The van der Waals surface area contributed by atoms with Crippen molar-refractivity contribution in [2.45, 2.75) is 44.9 Å². The minimum Gasteiger partial charge on any atom is -0.329 e. The molecule has 0 unspecified atom stereocenters. The molecule has 1 heterocycles. The molecule has 118 valence electrons. The predicted octanol–water partition coefficient (Wildman–Crippen LogP) is 4.63. The Kier molecular flexibility index (Phi) is 5.80. The van der Waals surface area contributed by atoms with Gasteiger partial charge in [0.2, 0.25) is 0 Å². The number of nitrogens with zero attached hydrogens (tertiary/aromatic N) is 3. The highest BCUT2D eigenvalue weighted by Gasteiger charge is 2.21. The number of anilines is 2. The Morgan fingerprint density at radius 1 is 1.09 bits per heavy atom. The molecular weight excluding hydrogens is 294 g/mol. The average molecular weight is 317 g/mol. The molecule has 0 aliphatic heterocycles. The molecule has 2 aromatic rings. The van der Waals surface area contributed by atoms with E-state index in [9.17, 15) is 0 Å². The maximum Gasteiger partial charge on any atom is 0.139 e. The molecular formula is C17H23N3OS. The van der Waals surface area contributed by atoms with Crippen LogP contribution in [0.2, 0.25) is 0 Å². The van der Waals surface area contributed by atoms with Gasteiger partial charge in [-0.05, 0) is 50.5 Å². The van der Waals surface area contributed by atoms with E-state index >= 15 is 0 Å². The fraction of sp³-hybridized carbons (Fsp3) is 0.412. The van der Waals surface area contributed by atoms with Crippen molar-refractivity contribution in [1.29, 1.82) is 0 Å². The molecule has 22 heavy (non-hydrogen) atoms.